The summed E-state index contributed by atoms with van der Waals surface area (Å²) in [4.78, 5) is 30.7. The summed E-state index contributed by atoms with van der Waals surface area (Å²) < 4.78 is 5.78. The van der Waals surface area contributed by atoms with Gasteiger partial charge >= 0.3 is 0 Å². The Morgan fingerprint density at radius 2 is 1.62 bits per heavy atom. The molecule has 0 bridgehead atoms. The fourth-order valence-corrected chi connectivity index (χ4v) is 5.19. The van der Waals surface area contributed by atoms with E-state index >= 15 is 0 Å². The molecule has 1 amide bonds. The second-order valence-electron chi connectivity index (χ2n) is 9.75. The van der Waals surface area contributed by atoms with Crippen LogP contribution >= 0.6 is 11.6 Å². The van der Waals surface area contributed by atoms with Crippen molar-refractivity contribution in [1.82, 2.24) is 0 Å². The first-order valence-electron chi connectivity index (χ1n) is 13.4. The number of carbonyl (C=O) groups excluding carboxylic acids is 2. The lowest BCUT2D eigenvalue weighted by molar-refractivity contribution is -0.132. The van der Waals surface area contributed by atoms with Crippen LogP contribution in [0, 0.1) is 0 Å². The van der Waals surface area contributed by atoms with Crippen molar-refractivity contribution in [1.29, 1.82) is 0 Å². The SMILES string of the molecule is CCOc1ccc(/C(O)=C2/C(=O)C(=O)N(c3ccc(Cl)cc3)C2c2ccc(N(CC)CC)cc2)cc1C(C)C. The van der Waals surface area contributed by atoms with Gasteiger partial charge in [-0.15, -0.1) is 0 Å². The van der Waals surface area contributed by atoms with Gasteiger partial charge in [-0.3, -0.25) is 14.5 Å². The number of hydrogen-bond acceptors (Lipinski definition) is 5. The van der Waals surface area contributed by atoms with Crippen molar-refractivity contribution in [3.05, 3.63) is 94.0 Å². The molecule has 7 heteroatoms. The fraction of sp³-hybridized carbons (Fsp3) is 0.312. The molecule has 0 aromatic heterocycles. The highest BCUT2D eigenvalue weighted by Gasteiger charge is 2.47. The highest BCUT2D eigenvalue weighted by Crippen LogP contribution is 2.43. The Balaban J connectivity index is 1.90. The average Bonchev–Trinajstić information content (AvgIpc) is 3.20. The first-order chi connectivity index (χ1) is 18.7. The lowest BCUT2D eigenvalue weighted by atomic mass is 9.93. The number of rotatable bonds is 9. The molecule has 0 radical (unpaired) electrons. The van der Waals surface area contributed by atoms with Gasteiger partial charge in [-0.1, -0.05) is 37.6 Å². The van der Waals surface area contributed by atoms with E-state index in [1.54, 1.807) is 36.4 Å². The molecule has 3 aromatic carbocycles. The van der Waals surface area contributed by atoms with Gasteiger partial charge in [-0.05, 0) is 92.4 Å². The second kappa shape index (κ2) is 12.0. The monoisotopic (exact) mass is 546 g/mol. The summed E-state index contributed by atoms with van der Waals surface area (Å²) in [5.74, 6) is -0.798. The van der Waals surface area contributed by atoms with E-state index in [9.17, 15) is 14.7 Å². The maximum absolute atomic E-state index is 13.5. The number of hydrogen-bond donors (Lipinski definition) is 1. The molecule has 1 fully saturated rings. The molecule has 6 nitrogen and oxygen atoms in total. The van der Waals surface area contributed by atoms with E-state index in [1.807, 2.05) is 51.1 Å². The van der Waals surface area contributed by atoms with Gasteiger partial charge in [0.1, 0.15) is 11.5 Å². The van der Waals surface area contributed by atoms with Crippen LogP contribution in [0.15, 0.2) is 72.3 Å². The van der Waals surface area contributed by atoms with E-state index in [0.717, 1.165) is 35.7 Å². The van der Waals surface area contributed by atoms with Gasteiger partial charge in [0.15, 0.2) is 0 Å². The van der Waals surface area contributed by atoms with Crippen molar-refractivity contribution in [2.45, 2.75) is 46.6 Å². The number of benzene rings is 3. The maximum atomic E-state index is 13.5. The zero-order valence-electron chi connectivity index (χ0n) is 23.1. The van der Waals surface area contributed by atoms with E-state index in [2.05, 4.69) is 18.7 Å². The van der Waals surface area contributed by atoms with E-state index in [4.69, 9.17) is 16.3 Å². The molecule has 0 saturated carbocycles. The quantitative estimate of drug-likeness (QED) is 0.173. The zero-order valence-corrected chi connectivity index (χ0v) is 23.8. The van der Waals surface area contributed by atoms with Crippen LogP contribution in [0.4, 0.5) is 11.4 Å². The molecule has 0 aliphatic carbocycles. The Morgan fingerprint density at radius 1 is 0.974 bits per heavy atom. The molecular formula is C32H35ClN2O4. The van der Waals surface area contributed by atoms with Crippen LogP contribution in [-0.4, -0.2) is 36.5 Å². The van der Waals surface area contributed by atoms with E-state index in [-0.39, 0.29) is 17.3 Å². The summed E-state index contributed by atoms with van der Waals surface area (Å²) in [7, 11) is 0. The number of amides is 1. The molecule has 1 heterocycles. The van der Waals surface area contributed by atoms with E-state index in [0.29, 0.717) is 22.9 Å². The lowest BCUT2D eigenvalue weighted by Gasteiger charge is -2.27. The smallest absolute Gasteiger partial charge is 0.300 e. The summed E-state index contributed by atoms with van der Waals surface area (Å²) in [6.07, 6.45) is 0. The average molecular weight is 547 g/mol. The fourth-order valence-electron chi connectivity index (χ4n) is 5.06. The molecule has 1 aliphatic rings. The maximum Gasteiger partial charge on any atom is 0.300 e. The number of aliphatic hydroxyl groups excluding tert-OH is 1. The number of halogens is 1. The molecule has 4 rings (SSSR count). The number of nitrogens with zero attached hydrogens (tertiary/aromatic N) is 2. The second-order valence-corrected chi connectivity index (χ2v) is 10.2. The molecule has 1 aliphatic heterocycles. The number of aliphatic hydroxyl groups is 1. The van der Waals surface area contributed by atoms with E-state index < -0.39 is 17.7 Å². The summed E-state index contributed by atoms with van der Waals surface area (Å²) >= 11 is 6.11. The first kappa shape index (κ1) is 28.2. The van der Waals surface area contributed by atoms with Crippen molar-refractivity contribution in [3.63, 3.8) is 0 Å². The van der Waals surface area contributed by atoms with Crippen LogP contribution in [0.1, 0.15) is 63.3 Å². The lowest BCUT2D eigenvalue weighted by Crippen LogP contribution is -2.29. The molecule has 0 spiro atoms. The Bertz CT molecular complexity index is 1380. The van der Waals surface area contributed by atoms with Crippen LogP contribution in [-0.2, 0) is 9.59 Å². The van der Waals surface area contributed by atoms with Crippen molar-refractivity contribution in [2.75, 3.05) is 29.5 Å². The highest BCUT2D eigenvalue weighted by molar-refractivity contribution is 6.51. The molecule has 3 aromatic rings. The zero-order chi connectivity index (χ0) is 28.3. The molecule has 1 saturated heterocycles. The third-order valence-electron chi connectivity index (χ3n) is 7.09. The number of Topliss-reactive ketones (excluding diaryl/α,β-unsaturated/α-hetero) is 1. The van der Waals surface area contributed by atoms with Gasteiger partial charge < -0.3 is 14.7 Å². The van der Waals surface area contributed by atoms with Crippen LogP contribution in [0.3, 0.4) is 0 Å². The van der Waals surface area contributed by atoms with Crippen LogP contribution in [0.5, 0.6) is 5.75 Å². The van der Waals surface area contributed by atoms with Gasteiger partial charge in [0, 0.05) is 35.1 Å². The van der Waals surface area contributed by atoms with Crippen LogP contribution in [0.2, 0.25) is 5.02 Å². The molecular weight excluding hydrogens is 512 g/mol. The molecule has 1 N–H and O–H groups in total. The number of carbonyl (C=O) groups is 2. The summed E-state index contributed by atoms with van der Waals surface area (Å²) in [6, 6.07) is 19.1. The molecule has 204 valence electrons. The van der Waals surface area contributed by atoms with Gasteiger partial charge in [0.2, 0.25) is 0 Å². The van der Waals surface area contributed by atoms with Crippen LogP contribution in [0.25, 0.3) is 5.76 Å². The predicted octanol–water partition coefficient (Wildman–Crippen LogP) is 7.33. The molecule has 1 unspecified atom stereocenters. The van der Waals surface area contributed by atoms with Crippen LogP contribution < -0.4 is 14.5 Å². The minimum atomic E-state index is -0.814. The van der Waals surface area contributed by atoms with Gasteiger partial charge in [-0.2, -0.15) is 0 Å². The Labute approximate surface area is 235 Å². The van der Waals surface area contributed by atoms with Crippen molar-refractivity contribution < 1.29 is 19.4 Å². The normalized spacial score (nSPS) is 16.7. The number of anilines is 2. The largest absolute Gasteiger partial charge is 0.507 e. The number of ketones is 1. The standard InChI is InChI=1S/C32H35ClN2O4/c1-6-34(7-2)24-14-9-21(10-15-24)29-28(31(37)32(38)35(29)25-16-12-23(33)13-17-25)30(36)22-11-18-27(39-8-3)26(19-22)20(4)5/h9-20,29,36H,6-8H2,1-5H3/b30-28-. The van der Waals surface area contributed by atoms with Crippen molar-refractivity contribution in [3.8, 4) is 5.75 Å². The molecule has 1 atom stereocenters. The summed E-state index contributed by atoms with van der Waals surface area (Å²) in [6.45, 7) is 12.4. The Kier molecular flexibility index (Phi) is 8.66. The minimum absolute atomic E-state index is 0.0457. The van der Waals surface area contributed by atoms with Gasteiger partial charge in [0.25, 0.3) is 11.7 Å². The predicted molar refractivity (Wildman–Crippen MR) is 158 cm³/mol. The number of ether oxygens (including phenoxy) is 1. The summed E-state index contributed by atoms with van der Waals surface area (Å²) in [5.41, 5.74) is 3.70. The topological polar surface area (TPSA) is 70.1 Å². The Hall–Kier alpha value is -3.77. The molecule has 39 heavy (non-hydrogen) atoms. The van der Waals surface area contributed by atoms with Gasteiger partial charge in [0.05, 0.1) is 18.2 Å². The third-order valence-corrected chi connectivity index (χ3v) is 7.34. The highest BCUT2D eigenvalue weighted by atomic mass is 35.5. The van der Waals surface area contributed by atoms with E-state index in [1.165, 1.54) is 4.90 Å². The van der Waals surface area contributed by atoms with Crippen molar-refractivity contribution >= 4 is 40.4 Å². The summed E-state index contributed by atoms with van der Waals surface area (Å²) in [5, 5.41) is 12.1. The van der Waals surface area contributed by atoms with Gasteiger partial charge in [-0.25, -0.2) is 0 Å². The van der Waals surface area contributed by atoms with Crippen molar-refractivity contribution in [2.24, 2.45) is 0 Å². The third kappa shape index (κ3) is 5.52. The first-order valence-corrected chi connectivity index (χ1v) is 13.8. The Morgan fingerprint density at radius 3 is 2.18 bits per heavy atom. The minimum Gasteiger partial charge on any atom is -0.507 e.